The first-order valence-corrected chi connectivity index (χ1v) is 7.33. The largest absolute Gasteiger partial charge is 0.496 e. The number of nitrogen functional groups attached to an aromatic ring is 1. The Bertz CT molecular complexity index is 469. The van der Waals surface area contributed by atoms with Crippen LogP contribution in [-0.2, 0) is 0 Å². The van der Waals surface area contributed by atoms with Crippen LogP contribution in [0.1, 0.15) is 24.2 Å². The van der Waals surface area contributed by atoms with E-state index >= 15 is 0 Å². The van der Waals surface area contributed by atoms with Crippen LogP contribution in [0.3, 0.4) is 0 Å². The second-order valence-corrected chi connectivity index (χ2v) is 6.81. The van der Waals surface area contributed by atoms with Crippen LogP contribution in [0.5, 0.6) is 5.75 Å². The lowest BCUT2D eigenvalue weighted by atomic mass is 10.1. The highest BCUT2D eigenvalue weighted by Gasteiger charge is 2.28. The minimum absolute atomic E-state index is 0.00292. The van der Waals surface area contributed by atoms with E-state index in [1.807, 2.05) is 16.7 Å². The van der Waals surface area contributed by atoms with Crippen molar-refractivity contribution in [1.29, 1.82) is 0 Å². The Hall–Kier alpha value is -1.36. The van der Waals surface area contributed by atoms with Crippen LogP contribution in [0.15, 0.2) is 18.2 Å². The number of hydrogen-bond donors (Lipinski definition) is 1. The number of nitrogens with zero attached hydrogens (tertiary/aromatic N) is 1. The Morgan fingerprint density at radius 2 is 2.00 bits per heavy atom. The standard InChI is InChI=1S/C14H20N2O2S/c1-9-7-16(8-10(2)19-9)14(17)12-6-11(15)4-5-13(12)18-3/h4-6,9-10H,7-8,15H2,1-3H3. The number of anilines is 1. The highest BCUT2D eigenvalue weighted by molar-refractivity contribution is 8.00. The molecule has 19 heavy (non-hydrogen) atoms. The smallest absolute Gasteiger partial charge is 0.257 e. The van der Waals surface area contributed by atoms with Crippen molar-refractivity contribution in [3.63, 3.8) is 0 Å². The minimum atomic E-state index is 0.00292. The molecule has 0 radical (unpaired) electrons. The van der Waals surface area contributed by atoms with Gasteiger partial charge in [-0.25, -0.2) is 0 Å². The number of ether oxygens (including phenoxy) is 1. The number of carbonyl (C=O) groups excluding carboxylic acids is 1. The number of carbonyl (C=O) groups is 1. The summed E-state index contributed by atoms with van der Waals surface area (Å²) < 4.78 is 5.26. The molecule has 1 fully saturated rings. The average molecular weight is 280 g/mol. The SMILES string of the molecule is COc1ccc(N)cc1C(=O)N1CC(C)SC(C)C1. The van der Waals surface area contributed by atoms with E-state index in [9.17, 15) is 4.79 Å². The molecule has 0 aliphatic carbocycles. The predicted octanol–water partition coefficient (Wildman–Crippen LogP) is 2.24. The second-order valence-electron chi connectivity index (χ2n) is 4.93. The zero-order valence-corrected chi connectivity index (χ0v) is 12.4. The van der Waals surface area contributed by atoms with Crippen LogP contribution in [0.25, 0.3) is 0 Å². The first-order chi connectivity index (χ1) is 9.01. The van der Waals surface area contributed by atoms with Crippen LogP contribution in [-0.4, -0.2) is 41.5 Å². The highest BCUT2D eigenvalue weighted by Crippen LogP contribution is 2.28. The lowest BCUT2D eigenvalue weighted by Crippen LogP contribution is -2.44. The molecule has 2 N–H and O–H groups in total. The maximum Gasteiger partial charge on any atom is 0.257 e. The molecule has 1 amide bonds. The van der Waals surface area contributed by atoms with Gasteiger partial charge in [-0.15, -0.1) is 0 Å². The van der Waals surface area contributed by atoms with Gasteiger partial charge in [0.2, 0.25) is 0 Å². The molecule has 5 heteroatoms. The van der Waals surface area contributed by atoms with Crippen molar-refractivity contribution in [2.45, 2.75) is 24.3 Å². The summed E-state index contributed by atoms with van der Waals surface area (Å²) in [7, 11) is 1.57. The van der Waals surface area contributed by atoms with Crippen LogP contribution >= 0.6 is 11.8 Å². The van der Waals surface area contributed by atoms with Gasteiger partial charge >= 0.3 is 0 Å². The number of rotatable bonds is 2. The van der Waals surface area contributed by atoms with Gasteiger partial charge in [-0.1, -0.05) is 13.8 Å². The van der Waals surface area contributed by atoms with Crippen molar-refractivity contribution in [1.82, 2.24) is 4.90 Å². The molecule has 1 aromatic carbocycles. The molecule has 0 aromatic heterocycles. The molecule has 2 rings (SSSR count). The molecule has 0 saturated carbocycles. The van der Waals surface area contributed by atoms with Gasteiger partial charge in [0.25, 0.3) is 5.91 Å². The van der Waals surface area contributed by atoms with Crippen molar-refractivity contribution < 1.29 is 9.53 Å². The molecule has 2 unspecified atom stereocenters. The summed E-state index contributed by atoms with van der Waals surface area (Å²) in [6, 6.07) is 5.18. The van der Waals surface area contributed by atoms with Gasteiger partial charge in [-0.05, 0) is 18.2 Å². The number of methoxy groups -OCH3 is 1. The van der Waals surface area contributed by atoms with E-state index in [4.69, 9.17) is 10.5 Å². The summed E-state index contributed by atoms with van der Waals surface area (Å²) in [5.74, 6) is 0.584. The number of thioether (sulfide) groups is 1. The third kappa shape index (κ3) is 3.15. The molecule has 1 aliphatic heterocycles. The summed E-state index contributed by atoms with van der Waals surface area (Å²) in [5, 5.41) is 0.916. The molecular formula is C14H20N2O2S. The highest BCUT2D eigenvalue weighted by atomic mass is 32.2. The number of hydrogen-bond acceptors (Lipinski definition) is 4. The molecule has 1 aromatic rings. The van der Waals surface area contributed by atoms with Gasteiger partial charge < -0.3 is 15.4 Å². The molecule has 0 bridgehead atoms. The third-order valence-corrected chi connectivity index (χ3v) is 4.39. The lowest BCUT2D eigenvalue weighted by molar-refractivity contribution is 0.0750. The van der Waals surface area contributed by atoms with Gasteiger partial charge in [0.15, 0.2) is 0 Å². The van der Waals surface area contributed by atoms with E-state index in [0.29, 0.717) is 27.5 Å². The summed E-state index contributed by atoms with van der Waals surface area (Å²) >= 11 is 1.92. The molecule has 1 aliphatic rings. The van der Waals surface area contributed by atoms with Crippen LogP contribution in [0.2, 0.25) is 0 Å². The Kier molecular flexibility index (Phi) is 4.24. The first kappa shape index (κ1) is 14.1. The fourth-order valence-electron chi connectivity index (χ4n) is 2.41. The quantitative estimate of drug-likeness (QED) is 0.844. The first-order valence-electron chi connectivity index (χ1n) is 6.39. The van der Waals surface area contributed by atoms with E-state index in [1.54, 1.807) is 25.3 Å². The Morgan fingerprint density at radius 3 is 2.58 bits per heavy atom. The van der Waals surface area contributed by atoms with E-state index in [-0.39, 0.29) is 5.91 Å². The van der Waals surface area contributed by atoms with E-state index in [1.165, 1.54) is 0 Å². The van der Waals surface area contributed by atoms with E-state index < -0.39 is 0 Å². The van der Waals surface area contributed by atoms with Gasteiger partial charge in [0.1, 0.15) is 5.75 Å². The normalized spacial score (nSPS) is 23.2. The van der Waals surface area contributed by atoms with Gasteiger partial charge in [-0.3, -0.25) is 4.79 Å². The molecule has 1 heterocycles. The zero-order valence-electron chi connectivity index (χ0n) is 11.6. The average Bonchev–Trinajstić information content (AvgIpc) is 2.36. The number of amides is 1. The molecule has 0 spiro atoms. The van der Waals surface area contributed by atoms with Crippen molar-refractivity contribution in [2.24, 2.45) is 0 Å². The summed E-state index contributed by atoms with van der Waals surface area (Å²) in [4.78, 5) is 14.5. The maximum absolute atomic E-state index is 12.6. The molecular weight excluding hydrogens is 260 g/mol. The molecule has 1 saturated heterocycles. The number of benzene rings is 1. The zero-order chi connectivity index (χ0) is 14.0. The van der Waals surface area contributed by atoms with E-state index in [0.717, 1.165) is 13.1 Å². The third-order valence-electron chi connectivity index (χ3n) is 3.16. The lowest BCUT2D eigenvalue weighted by Gasteiger charge is -2.34. The second kappa shape index (κ2) is 5.74. The molecule has 104 valence electrons. The van der Waals surface area contributed by atoms with Crippen molar-refractivity contribution in [3.05, 3.63) is 23.8 Å². The van der Waals surface area contributed by atoms with Crippen molar-refractivity contribution in [2.75, 3.05) is 25.9 Å². The van der Waals surface area contributed by atoms with Gasteiger partial charge in [-0.2, -0.15) is 11.8 Å². The minimum Gasteiger partial charge on any atom is -0.496 e. The fraction of sp³-hybridized carbons (Fsp3) is 0.500. The van der Waals surface area contributed by atoms with Crippen molar-refractivity contribution >= 4 is 23.4 Å². The Labute approximate surface area is 118 Å². The Morgan fingerprint density at radius 1 is 1.37 bits per heavy atom. The predicted molar refractivity (Wildman–Crippen MR) is 79.8 cm³/mol. The topological polar surface area (TPSA) is 55.6 Å². The molecule has 4 nitrogen and oxygen atoms in total. The van der Waals surface area contributed by atoms with Crippen LogP contribution in [0.4, 0.5) is 5.69 Å². The van der Waals surface area contributed by atoms with Crippen LogP contribution < -0.4 is 10.5 Å². The van der Waals surface area contributed by atoms with E-state index in [2.05, 4.69) is 13.8 Å². The van der Waals surface area contributed by atoms with Gasteiger partial charge in [0, 0.05) is 29.3 Å². The monoisotopic (exact) mass is 280 g/mol. The van der Waals surface area contributed by atoms with Gasteiger partial charge in [0.05, 0.1) is 12.7 Å². The summed E-state index contributed by atoms with van der Waals surface area (Å²) in [6.45, 7) is 5.84. The van der Waals surface area contributed by atoms with Crippen LogP contribution in [0, 0.1) is 0 Å². The summed E-state index contributed by atoms with van der Waals surface area (Å²) in [6.07, 6.45) is 0. The maximum atomic E-state index is 12.6. The molecule has 2 atom stereocenters. The van der Waals surface area contributed by atoms with Crippen molar-refractivity contribution in [3.8, 4) is 5.75 Å². The Balaban J connectivity index is 2.26. The summed E-state index contributed by atoms with van der Waals surface area (Å²) in [5.41, 5.74) is 6.90. The fourth-order valence-corrected chi connectivity index (χ4v) is 3.73. The number of nitrogens with two attached hydrogens (primary N) is 1.